The van der Waals surface area contributed by atoms with Crippen molar-refractivity contribution in [3.8, 4) is 0 Å². The molecule has 130 valence electrons. The van der Waals surface area contributed by atoms with Gasteiger partial charge in [-0.1, -0.05) is 6.92 Å². The van der Waals surface area contributed by atoms with E-state index in [0.29, 0.717) is 51.7 Å². The molecule has 7 nitrogen and oxygen atoms in total. The van der Waals surface area contributed by atoms with Crippen LogP contribution in [-0.4, -0.2) is 64.2 Å². The largest absolute Gasteiger partial charge is 0.378 e. The molecule has 0 radical (unpaired) electrons. The zero-order valence-corrected chi connectivity index (χ0v) is 14.1. The van der Waals surface area contributed by atoms with Crippen LogP contribution in [0.2, 0.25) is 0 Å². The number of nitrogens with zero attached hydrogens (tertiary/aromatic N) is 4. The molecule has 3 atom stereocenters. The van der Waals surface area contributed by atoms with Crippen molar-refractivity contribution in [1.82, 2.24) is 19.6 Å². The summed E-state index contributed by atoms with van der Waals surface area (Å²) in [5, 5.41) is 4.39. The molecule has 3 aliphatic rings. The maximum absolute atomic E-state index is 12.6. The number of amides is 2. The Kier molecular flexibility index (Phi) is 4.04. The van der Waals surface area contributed by atoms with Gasteiger partial charge in [0, 0.05) is 31.7 Å². The highest BCUT2D eigenvalue weighted by Crippen LogP contribution is 2.40. The van der Waals surface area contributed by atoms with E-state index in [1.807, 2.05) is 20.5 Å². The Labute approximate surface area is 141 Å². The third kappa shape index (κ3) is 2.92. The zero-order chi connectivity index (χ0) is 16.7. The molecule has 7 heteroatoms. The first-order chi connectivity index (χ1) is 11.6. The highest BCUT2D eigenvalue weighted by Gasteiger charge is 2.43. The van der Waals surface area contributed by atoms with Crippen molar-refractivity contribution in [2.24, 2.45) is 11.8 Å². The molecular formula is C17H24N4O3. The van der Waals surface area contributed by atoms with Gasteiger partial charge >= 0.3 is 0 Å². The van der Waals surface area contributed by atoms with Gasteiger partial charge in [0.05, 0.1) is 37.9 Å². The van der Waals surface area contributed by atoms with E-state index in [2.05, 4.69) is 12.0 Å². The Bertz CT molecular complexity index is 638. The summed E-state index contributed by atoms with van der Waals surface area (Å²) in [4.78, 5) is 29.0. The van der Waals surface area contributed by atoms with Crippen molar-refractivity contribution in [2.45, 2.75) is 32.4 Å². The summed E-state index contributed by atoms with van der Waals surface area (Å²) in [5.41, 5.74) is 1.02. The number of ether oxygens (including phenoxy) is 1. The summed E-state index contributed by atoms with van der Waals surface area (Å²) in [6.07, 6.45) is 3.14. The van der Waals surface area contributed by atoms with E-state index in [9.17, 15) is 9.59 Å². The number of carbonyl (C=O) groups excluding carboxylic acids is 2. The number of hydrogen-bond acceptors (Lipinski definition) is 4. The standard InChI is InChI=1S/C17H24N4O3/c1-12-8-15(12)17(23)20-10-13-2-3-18-21(13)14(11-20)9-16(22)19-4-6-24-7-5-19/h2-3,12,14-15H,4-11H2,1H3/t12-,14-,15-/m1/s1. The number of carbonyl (C=O) groups is 2. The lowest BCUT2D eigenvalue weighted by atomic mass is 10.1. The minimum atomic E-state index is -0.0721. The summed E-state index contributed by atoms with van der Waals surface area (Å²) in [5.74, 6) is 1.03. The molecule has 1 aliphatic carbocycles. The summed E-state index contributed by atoms with van der Waals surface area (Å²) >= 11 is 0. The normalized spacial score (nSPS) is 29.3. The molecule has 3 heterocycles. The zero-order valence-electron chi connectivity index (χ0n) is 14.1. The monoisotopic (exact) mass is 332 g/mol. The second-order valence-corrected chi connectivity index (χ2v) is 7.16. The lowest BCUT2D eigenvalue weighted by molar-refractivity contribution is -0.139. The van der Waals surface area contributed by atoms with Gasteiger partial charge in [-0.25, -0.2) is 0 Å². The molecule has 1 aromatic heterocycles. The number of fused-ring (bicyclic) bond motifs is 1. The number of rotatable bonds is 3. The predicted octanol–water partition coefficient (Wildman–Crippen LogP) is 0.671. The van der Waals surface area contributed by atoms with E-state index in [4.69, 9.17) is 4.74 Å². The molecule has 2 aliphatic heterocycles. The first-order valence-electron chi connectivity index (χ1n) is 8.80. The van der Waals surface area contributed by atoms with E-state index in [0.717, 1.165) is 12.1 Å². The topological polar surface area (TPSA) is 67.7 Å². The fourth-order valence-corrected chi connectivity index (χ4v) is 3.75. The molecule has 24 heavy (non-hydrogen) atoms. The lowest BCUT2D eigenvalue weighted by Gasteiger charge is -2.35. The van der Waals surface area contributed by atoms with Crippen LogP contribution in [0.5, 0.6) is 0 Å². The van der Waals surface area contributed by atoms with Gasteiger partial charge in [0.15, 0.2) is 0 Å². The molecule has 1 saturated carbocycles. The van der Waals surface area contributed by atoms with Crippen LogP contribution in [-0.2, 0) is 20.9 Å². The fourth-order valence-electron chi connectivity index (χ4n) is 3.75. The molecule has 0 aromatic carbocycles. The molecule has 2 fully saturated rings. The van der Waals surface area contributed by atoms with Crippen molar-refractivity contribution in [2.75, 3.05) is 32.8 Å². The molecule has 0 spiro atoms. The van der Waals surface area contributed by atoms with E-state index in [1.54, 1.807) is 6.20 Å². The average Bonchev–Trinajstić information content (AvgIpc) is 3.13. The maximum Gasteiger partial charge on any atom is 0.226 e. The van der Waals surface area contributed by atoms with Crippen LogP contribution in [0.1, 0.15) is 31.5 Å². The molecule has 0 bridgehead atoms. The van der Waals surface area contributed by atoms with E-state index in [1.165, 1.54) is 0 Å². The quantitative estimate of drug-likeness (QED) is 0.816. The van der Waals surface area contributed by atoms with Gasteiger partial charge in [-0.2, -0.15) is 5.10 Å². The van der Waals surface area contributed by atoms with Gasteiger partial charge < -0.3 is 14.5 Å². The van der Waals surface area contributed by atoms with Crippen LogP contribution in [0.3, 0.4) is 0 Å². The van der Waals surface area contributed by atoms with Crippen molar-refractivity contribution >= 4 is 11.8 Å². The highest BCUT2D eigenvalue weighted by atomic mass is 16.5. The van der Waals surface area contributed by atoms with Crippen LogP contribution < -0.4 is 0 Å². The fraction of sp³-hybridized carbons (Fsp3) is 0.706. The van der Waals surface area contributed by atoms with Crippen molar-refractivity contribution in [3.05, 3.63) is 18.0 Å². The van der Waals surface area contributed by atoms with Gasteiger partial charge in [-0.05, 0) is 18.4 Å². The van der Waals surface area contributed by atoms with Crippen molar-refractivity contribution in [1.29, 1.82) is 0 Å². The second kappa shape index (κ2) is 6.20. The van der Waals surface area contributed by atoms with Crippen molar-refractivity contribution in [3.63, 3.8) is 0 Å². The Hall–Kier alpha value is -1.89. The Morgan fingerprint density at radius 1 is 1.29 bits per heavy atom. The molecular weight excluding hydrogens is 308 g/mol. The highest BCUT2D eigenvalue weighted by molar-refractivity contribution is 5.82. The van der Waals surface area contributed by atoms with Gasteiger partial charge in [-0.3, -0.25) is 14.3 Å². The molecule has 4 rings (SSSR count). The molecule has 0 N–H and O–H groups in total. The first-order valence-corrected chi connectivity index (χ1v) is 8.80. The van der Waals surface area contributed by atoms with Gasteiger partial charge in [0.2, 0.25) is 11.8 Å². The molecule has 1 saturated heterocycles. The third-order valence-electron chi connectivity index (χ3n) is 5.39. The van der Waals surface area contributed by atoms with Crippen LogP contribution in [0.15, 0.2) is 12.3 Å². The molecule has 0 unspecified atom stereocenters. The summed E-state index contributed by atoms with van der Waals surface area (Å²) in [7, 11) is 0. The minimum Gasteiger partial charge on any atom is -0.378 e. The van der Waals surface area contributed by atoms with Crippen LogP contribution in [0.4, 0.5) is 0 Å². The van der Waals surface area contributed by atoms with E-state index in [-0.39, 0.29) is 23.8 Å². The Morgan fingerprint density at radius 3 is 2.75 bits per heavy atom. The predicted molar refractivity (Wildman–Crippen MR) is 86.0 cm³/mol. The van der Waals surface area contributed by atoms with Crippen LogP contribution in [0.25, 0.3) is 0 Å². The lowest BCUT2D eigenvalue weighted by Crippen LogP contribution is -2.46. The molecule has 2 amide bonds. The summed E-state index contributed by atoms with van der Waals surface area (Å²) in [6, 6.07) is 1.87. The smallest absolute Gasteiger partial charge is 0.226 e. The van der Waals surface area contributed by atoms with Crippen molar-refractivity contribution < 1.29 is 14.3 Å². The summed E-state index contributed by atoms with van der Waals surface area (Å²) in [6.45, 7) is 5.81. The van der Waals surface area contributed by atoms with Crippen LogP contribution in [0, 0.1) is 11.8 Å². The summed E-state index contributed by atoms with van der Waals surface area (Å²) < 4.78 is 7.24. The second-order valence-electron chi connectivity index (χ2n) is 7.16. The Morgan fingerprint density at radius 2 is 2.04 bits per heavy atom. The first kappa shape index (κ1) is 15.6. The van der Waals surface area contributed by atoms with E-state index < -0.39 is 0 Å². The van der Waals surface area contributed by atoms with E-state index >= 15 is 0 Å². The molecule has 1 aromatic rings. The van der Waals surface area contributed by atoms with Gasteiger partial charge in [0.1, 0.15) is 0 Å². The average molecular weight is 332 g/mol. The van der Waals surface area contributed by atoms with Gasteiger partial charge in [0.25, 0.3) is 0 Å². The van der Waals surface area contributed by atoms with Crippen LogP contribution >= 0.6 is 0 Å². The van der Waals surface area contributed by atoms with Gasteiger partial charge in [-0.15, -0.1) is 0 Å². The number of hydrogen-bond donors (Lipinski definition) is 0. The number of aromatic nitrogens is 2. The Balaban J connectivity index is 1.47. The third-order valence-corrected chi connectivity index (χ3v) is 5.39. The maximum atomic E-state index is 12.6. The SMILES string of the molecule is C[C@@H]1C[C@H]1C(=O)N1Cc2ccnn2[C@H](CC(=O)N2CCOCC2)C1. The number of morpholine rings is 1. The minimum absolute atomic E-state index is 0.0721.